The topological polar surface area (TPSA) is 92.2 Å². The van der Waals surface area contributed by atoms with Crippen LogP contribution in [0.3, 0.4) is 0 Å². The number of hydrogen-bond acceptors (Lipinski definition) is 4. The van der Waals surface area contributed by atoms with Crippen molar-refractivity contribution in [3.63, 3.8) is 0 Å². The molecule has 1 rings (SSSR count). The van der Waals surface area contributed by atoms with E-state index in [1.165, 1.54) is 6.20 Å². The second kappa shape index (κ2) is 7.12. The van der Waals surface area contributed by atoms with Crippen molar-refractivity contribution in [2.24, 2.45) is 5.41 Å². The summed E-state index contributed by atoms with van der Waals surface area (Å²) >= 11 is 6.34. The fourth-order valence-corrected chi connectivity index (χ4v) is 2.70. The molecule has 0 saturated carbocycles. The summed E-state index contributed by atoms with van der Waals surface area (Å²) in [6.07, 6.45) is 2.13. The molecule has 0 saturated heterocycles. The molecule has 20 heavy (non-hydrogen) atoms. The Morgan fingerprint density at radius 3 is 2.40 bits per heavy atom. The van der Waals surface area contributed by atoms with Crippen LogP contribution in [0.2, 0.25) is 0 Å². The average Bonchev–Trinajstić information content (AvgIpc) is 2.39. The summed E-state index contributed by atoms with van der Waals surface area (Å²) in [5.41, 5.74) is -1.04. The van der Waals surface area contributed by atoms with E-state index in [1.807, 2.05) is 0 Å². The normalized spacial score (nSPS) is 11.2. The second-order valence-corrected chi connectivity index (χ2v) is 5.91. The molecule has 0 atom stereocenters. The number of nitrogens with zero attached hydrogens (tertiary/aromatic N) is 2. The maximum absolute atomic E-state index is 12.0. The van der Waals surface area contributed by atoms with Gasteiger partial charge in [-0.3, -0.25) is 9.59 Å². The van der Waals surface area contributed by atoms with Crippen molar-refractivity contribution in [2.75, 3.05) is 5.32 Å². The van der Waals surface area contributed by atoms with Gasteiger partial charge in [0, 0.05) is 6.42 Å². The highest BCUT2D eigenvalue weighted by Gasteiger charge is 2.37. The summed E-state index contributed by atoms with van der Waals surface area (Å²) in [5, 5.41) is 11.9. The number of rotatable bonds is 6. The third-order valence-electron chi connectivity index (χ3n) is 3.26. The lowest BCUT2D eigenvalue weighted by molar-refractivity contribution is -0.151. The number of carbonyl (C=O) groups excluding carboxylic acids is 1. The SMILES string of the molecule is CCC(CC)(CC(=O)Nc1ncc(Br)nc1Br)C(=O)O. The molecule has 0 aromatic carbocycles. The maximum Gasteiger partial charge on any atom is 0.310 e. The Bertz CT molecular complexity index is 519. The Morgan fingerprint density at radius 2 is 1.95 bits per heavy atom. The number of anilines is 1. The standard InChI is InChI=1S/C12H15Br2N3O3/c1-3-12(4-2,11(19)20)5-8(18)17-10-9(14)16-7(13)6-15-10/h6H,3-5H2,1-2H3,(H,19,20)(H,15,17,18). The zero-order chi connectivity index (χ0) is 15.3. The molecule has 0 fully saturated rings. The molecular formula is C12H15Br2N3O3. The van der Waals surface area contributed by atoms with Crippen LogP contribution in [0, 0.1) is 5.41 Å². The Labute approximate surface area is 133 Å². The summed E-state index contributed by atoms with van der Waals surface area (Å²) < 4.78 is 0.915. The zero-order valence-corrected chi connectivity index (χ0v) is 14.3. The molecule has 0 aliphatic heterocycles. The highest BCUT2D eigenvalue weighted by atomic mass is 79.9. The molecule has 2 N–H and O–H groups in total. The Kier molecular flexibility index (Phi) is 6.07. The number of carboxylic acids is 1. The molecule has 6 nitrogen and oxygen atoms in total. The van der Waals surface area contributed by atoms with Crippen LogP contribution >= 0.6 is 31.9 Å². The molecule has 1 aromatic rings. The summed E-state index contributed by atoms with van der Waals surface area (Å²) in [4.78, 5) is 31.4. The van der Waals surface area contributed by atoms with Crippen molar-refractivity contribution in [3.05, 3.63) is 15.4 Å². The minimum absolute atomic E-state index is 0.0977. The van der Waals surface area contributed by atoms with Crippen molar-refractivity contribution in [1.82, 2.24) is 9.97 Å². The molecule has 0 spiro atoms. The molecule has 1 heterocycles. The van der Waals surface area contributed by atoms with E-state index in [9.17, 15) is 14.7 Å². The fraction of sp³-hybridized carbons (Fsp3) is 0.500. The highest BCUT2D eigenvalue weighted by molar-refractivity contribution is 9.11. The predicted molar refractivity (Wildman–Crippen MR) is 81.3 cm³/mol. The van der Waals surface area contributed by atoms with Gasteiger partial charge in [-0.2, -0.15) is 0 Å². The first kappa shape index (κ1) is 17.0. The molecule has 0 bridgehead atoms. The van der Waals surface area contributed by atoms with Crippen LogP contribution in [-0.2, 0) is 9.59 Å². The number of carbonyl (C=O) groups is 2. The van der Waals surface area contributed by atoms with E-state index >= 15 is 0 Å². The van der Waals surface area contributed by atoms with Gasteiger partial charge in [0.1, 0.15) is 9.21 Å². The first-order chi connectivity index (χ1) is 9.34. The summed E-state index contributed by atoms with van der Waals surface area (Å²) in [6.45, 7) is 3.53. The summed E-state index contributed by atoms with van der Waals surface area (Å²) in [6, 6.07) is 0. The van der Waals surface area contributed by atoms with E-state index in [0.29, 0.717) is 22.0 Å². The van der Waals surface area contributed by atoms with Gasteiger partial charge in [-0.25, -0.2) is 9.97 Å². The van der Waals surface area contributed by atoms with Crippen molar-refractivity contribution in [2.45, 2.75) is 33.1 Å². The average molecular weight is 409 g/mol. The first-order valence-corrected chi connectivity index (χ1v) is 7.64. The van der Waals surface area contributed by atoms with Gasteiger partial charge in [-0.15, -0.1) is 0 Å². The van der Waals surface area contributed by atoms with Crippen LogP contribution in [0.1, 0.15) is 33.1 Å². The van der Waals surface area contributed by atoms with E-state index < -0.39 is 17.3 Å². The molecular weight excluding hydrogens is 394 g/mol. The van der Waals surface area contributed by atoms with Gasteiger partial charge in [0.2, 0.25) is 5.91 Å². The quantitative estimate of drug-likeness (QED) is 0.753. The number of aromatic nitrogens is 2. The molecule has 1 amide bonds. The summed E-state index contributed by atoms with van der Waals surface area (Å²) in [5.74, 6) is -1.09. The van der Waals surface area contributed by atoms with Gasteiger partial charge in [0.15, 0.2) is 5.82 Å². The van der Waals surface area contributed by atoms with Crippen molar-refractivity contribution >= 4 is 49.6 Å². The monoisotopic (exact) mass is 407 g/mol. The van der Waals surface area contributed by atoms with Crippen molar-refractivity contribution in [3.8, 4) is 0 Å². The van der Waals surface area contributed by atoms with Crippen LogP contribution < -0.4 is 5.32 Å². The van der Waals surface area contributed by atoms with Gasteiger partial charge < -0.3 is 10.4 Å². The van der Waals surface area contributed by atoms with Crippen LogP contribution in [-0.4, -0.2) is 27.0 Å². The molecule has 0 radical (unpaired) electrons. The van der Waals surface area contributed by atoms with Crippen molar-refractivity contribution in [1.29, 1.82) is 0 Å². The van der Waals surface area contributed by atoms with Gasteiger partial charge >= 0.3 is 5.97 Å². The largest absolute Gasteiger partial charge is 0.481 e. The Hall–Kier alpha value is -1.02. The van der Waals surface area contributed by atoms with Gasteiger partial charge in [-0.05, 0) is 44.7 Å². The fourth-order valence-electron chi connectivity index (χ4n) is 1.79. The van der Waals surface area contributed by atoms with E-state index in [0.717, 1.165) is 0 Å². The number of carboxylic acid groups (broad SMARTS) is 1. The lowest BCUT2D eigenvalue weighted by Gasteiger charge is -2.25. The number of amides is 1. The smallest absolute Gasteiger partial charge is 0.310 e. The Balaban J connectivity index is 2.83. The van der Waals surface area contributed by atoms with Gasteiger partial charge in [0.25, 0.3) is 0 Å². The number of nitrogens with one attached hydrogen (secondary N) is 1. The van der Waals surface area contributed by atoms with Crippen molar-refractivity contribution < 1.29 is 14.7 Å². The molecule has 8 heteroatoms. The van der Waals surface area contributed by atoms with Crippen LogP contribution in [0.4, 0.5) is 5.82 Å². The second-order valence-electron chi connectivity index (χ2n) is 4.35. The third-order valence-corrected chi connectivity index (χ3v) is 4.20. The predicted octanol–water partition coefficient (Wildman–Crippen LogP) is 3.22. The minimum atomic E-state index is -1.04. The van der Waals surface area contributed by atoms with Crippen LogP contribution in [0.25, 0.3) is 0 Å². The van der Waals surface area contributed by atoms with E-state index in [1.54, 1.807) is 13.8 Å². The molecule has 0 unspecified atom stereocenters. The summed E-state index contributed by atoms with van der Waals surface area (Å²) in [7, 11) is 0. The van der Waals surface area contributed by atoms with E-state index in [2.05, 4.69) is 47.1 Å². The number of aliphatic carboxylic acids is 1. The molecule has 110 valence electrons. The first-order valence-electron chi connectivity index (χ1n) is 6.06. The Morgan fingerprint density at radius 1 is 1.35 bits per heavy atom. The van der Waals surface area contributed by atoms with Crippen LogP contribution in [0.15, 0.2) is 15.4 Å². The number of halogens is 2. The van der Waals surface area contributed by atoms with Gasteiger partial charge in [0.05, 0.1) is 11.6 Å². The molecule has 0 aliphatic rings. The van der Waals surface area contributed by atoms with Crippen LogP contribution in [0.5, 0.6) is 0 Å². The zero-order valence-electron chi connectivity index (χ0n) is 11.1. The lowest BCUT2D eigenvalue weighted by atomic mass is 9.79. The third kappa shape index (κ3) is 3.99. The lowest BCUT2D eigenvalue weighted by Crippen LogP contribution is -2.34. The maximum atomic E-state index is 12.0. The minimum Gasteiger partial charge on any atom is -0.481 e. The highest BCUT2D eigenvalue weighted by Crippen LogP contribution is 2.31. The molecule has 1 aromatic heterocycles. The van der Waals surface area contributed by atoms with E-state index in [4.69, 9.17) is 0 Å². The molecule has 0 aliphatic carbocycles. The van der Waals surface area contributed by atoms with E-state index in [-0.39, 0.29) is 12.2 Å². The number of hydrogen-bond donors (Lipinski definition) is 2. The van der Waals surface area contributed by atoms with Gasteiger partial charge in [-0.1, -0.05) is 13.8 Å².